The van der Waals surface area contributed by atoms with Gasteiger partial charge in [-0.1, -0.05) is 17.7 Å². The number of likely N-dealkylation sites (tertiary alicyclic amines) is 1. The molecule has 2 saturated heterocycles. The zero-order valence-electron chi connectivity index (χ0n) is 20.4. The van der Waals surface area contributed by atoms with Crippen molar-refractivity contribution in [2.24, 2.45) is 0 Å². The zero-order chi connectivity index (χ0) is 26.2. The molecule has 1 aliphatic carbocycles. The smallest absolute Gasteiger partial charge is 0.304 e. The summed E-state index contributed by atoms with van der Waals surface area (Å²) in [6.07, 6.45) is 4.33. The van der Waals surface area contributed by atoms with Crippen LogP contribution in [-0.2, 0) is 28.1 Å². The third-order valence-corrected chi connectivity index (χ3v) is 9.13. The van der Waals surface area contributed by atoms with Crippen LogP contribution < -0.4 is 4.72 Å². The fourth-order valence-electron chi connectivity index (χ4n) is 4.80. The first kappa shape index (κ1) is 26.5. The quantitative estimate of drug-likeness (QED) is 0.499. The van der Waals surface area contributed by atoms with Gasteiger partial charge in [-0.2, -0.15) is 12.7 Å². The summed E-state index contributed by atoms with van der Waals surface area (Å²) >= 11 is 6.09. The van der Waals surface area contributed by atoms with Crippen LogP contribution in [0.15, 0.2) is 30.3 Å². The van der Waals surface area contributed by atoms with Crippen LogP contribution in [0.5, 0.6) is 0 Å². The van der Waals surface area contributed by atoms with Gasteiger partial charge in [0.05, 0.1) is 18.3 Å². The predicted molar refractivity (Wildman–Crippen MR) is 135 cm³/mol. The van der Waals surface area contributed by atoms with Gasteiger partial charge in [0, 0.05) is 37.7 Å². The number of carbonyl (C=O) groups excluding carboxylic acids is 1. The minimum Gasteiger partial charge on any atom is -0.373 e. The molecule has 1 N–H and O–H groups in total. The van der Waals surface area contributed by atoms with Crippen molar-refractivity contribution in [3.05, 3.63) is 69.2 Å². The highest BCUT2D eigenvalue weighted by Crippen LogP contribution is 2.43. The molecule has 0 bridgehead atoms. The molecule has 0 aromatic heterocycles. The maximum Gasteiger partial charge on any atom is 0.304 e. The van der Waals surface area contributed by atoms with Crippen molar-refractivity contribution in [3.8, 4) is 0 Å². The molecule has 0 unspecified atom stereocenters. The highest BCUT2D eigenvalue weighted by Gasteiger charge is 2.33. The number of benzene rings is 2. The van der Waals surface area contributed by atoms with Crippen LogP contribution in [0, 0.1) is 11.6 Å². The number of halogens is 3. The van der Waals surface area contributed by atoms with E-state index in [0.29, 0.717) is 31.3 Å². The van der Waals surface area contributed by atoms with Crippen molar-refractivity contribution < 1.29 is 26.7 Å². The molecule has 5 rings (SSSR count). The Hall–Kier alpha value is -2.11. The summed E-state index contributed by atoms with van der Waals surface area (Å²) in [7, 11) is -3.95. The molecule has 0 atom stereocenters. The van der Waals surface area contributed by atoms with E-state index >= 15 is 4.39 Å². The topological polar surface area (TPSA) is 79.0 Å². The molecule has 2 aromatic carbocycles. The van der Waals surface area contributed by atoms with Gasteiger partial charge in [-0.25, -0.2) is 13.5 Å². The monoisotopic (exact) mass is 553 g/mol. The first-order valence-electron chi connectivity index (χ1n) is 12.6. The second-order valence-corrected chi connectivity index (χ2v) is 12.1. The van der Waals surface area contributed by atoms with Crippen LogP contribution in [0.2, 0.25) is 5.02 Å². The molecule has 0 radical (unpaired) electrons. The molecule has 7 nitrogen and oxygen atoms in total. The highest BCUT2D eigenvalue weighted by molar-refractivity contribution is 7.87. The Kier molecular flexibility index (Phi) is 7.83. The second-order valence-electron chi connectivity index (χ2n) is 10.0. The lowest BCUT2D eigenvalue weighted by molar-refractivity contribution is -0.00398. The summed E-state index contributed by atoms with van der Waals surface area (Å²) in [5.41, 5.74) is 2.26. The lowest BCUT2D eigenvalue weighted by Gasteiger charge is -2.32. The van der Waals surface area contributed by atoms with E-state index in [9.17, 15) is 17.6 Å². The maximum absolute atomic E-state index is 15.0. The van der Waals surface area contributed by atoms with Gasteiger partial charge in [-0.15, -0.1) is 0 Å². The van der Waals surface area contributed by atoms with Crippen LogP contribution in [-0.4, -0.2) is 55.8 Å². The van der Waals surface area contributed by atoms with E-state index < -0.39 is 21.9 Å². The first-order chi connectivity index (χ1) is 17.7. The van der Waals surface area contributed by atoms with Gasteiger partial charge < -0.3 is 4.74 Å². The molecule has 2 aromatic rings. The molecule has 11 heteroatoms. The molecule has 2 aliphatic heterocycles. The summed E-state index contributed by atoms with van der Waals surface area (Å²) < 4.78 is 62.0. The van der Waals surface area contributed by atoms with Crippen LogP contribution in [0.25, 0.3) is 0 Å². The van der Waals surface area contributed by atoms with E-state index in [1.54, 1.807) is 6.07 Å². The molecular weight excluding hydrogens is 524 g/mol. The minimum atomic E-state index is -3.95. The number of nitrogens with one attached hydrogen (secondary N) is 1. The van der Waals surface area contributed by atoms with E-state index in [0.717, 1.165) is 61.9 Å². The van der Waals surface area contributed by atoms with E-state index in [4.69, 9.17) is 16.3 Å². The van der Waals surface area contributed by atoms with Crippen LogP contribution in [0.3, 0.4) is 0 Å². The van der Waals surface area contributed by atoms with Crippen molar-refractivity contribution in [3.63, 3.8) is 0 Å². The average molecular weight is 554 g/mol. The van der Waals surface area contributed by atoms with Crippen molar-refractivity contribution in [2.75, 3.05) is 26.2 Å². The number of amides is 1. The molecular formula is C26H30ClF2N3O4S. The van der Waals surface area contributed by atoms with Gasteiger partial charge in [0.2, 0.25) is 0 Å². The van der Waals surface area contributed by atoms with E-state index in [-0.39, 0.29) is 23.4 Å². The van der Waals surface area contributed by atoms with Crippen molar-refractivity contribution in [1.29, 1.82) is 0 Å². The molecule has 3 fully saturated rings. The standard InChI is InChI=1S/C26H30ClF2N3O4S/c27-24-13-20(28)5-4-18(24)16-36-21-6-10-31(11-7-21)15-19-12-25(29)23(14-22(19)17-2-3-17)26(33)30-37(34,35)32-8-1-9-32/h4-5,12-14,17,21H,1-3,6-11,15-16H2,(H,30,33). The Labute approximate surface area is 220 Å². The highest BCUT2D eigenvalue weighted by atomic mass is 35.5. The summed E-state index contributed by atoms with van der Waals surface area (Å²) in [4.78, 5) is 14.9. The third-order valence-electron chi connectivity index (χ3n) is 7.29. The second kappa shape index (κ2) is 10.9. The van der Waals surface area contributed by atoms with Gasteiger partial charge in [-0.05, 0) is 79.0 Å². The molecule has 1 saturated carbocycles. The molecule has 0 spiro atoms. The van der Waals surface area contributed by atoms with Crippen molar-refractivity contribution in [2.45, 2.75) is 57.3 Å². The Bertz CT molecular complexity index is 1280. The van der Waals surface area contributed by atoms with E-state index in [2.05, 4.69) is 4.90 Å². The normalized spacial score (nSPS) is 19.5. The number of carbonyl (C=O) groups is 1. The van der Waals surface area contributed by atoms with Crippen LogP contribution in [0.4, 0.5) is 8.78 Å². The zero-order valence-corrected chi connectivity index (χ0v) is 22.0. The number of rotatable bonds is 9. The number of ether oxygens (including phenoxy) is 1. The van der Waals surface area contributed by atoms with Crippen molar-refractivity contribution in [1.82, 2.24) is 13.9 Å². The largest absolute Gasteiger partial charge is 0.373 e. The number of hydrogen-bond donors (Lipinski definition) is 1. The Morgan fingerprint density at radius 2 is 1.76 bits per heavy atom. The lowest BCUT2D eigenvalue weighted by atomic mass is 9.97. The van der Waals surface area contributed by atoms with Crippen LogP contribution >= 0.6 is 11.6 Å². The summed E-state index contributed by atoms with van der Waals surface area (Å²) in [6, 6.07) is 7.19. The number of nitrogens with zero attached hydrogens (tertiary/aromatic N) is 2. The van der Waals surface area contributed by atoms with E-state index in [1.807, 2.05) is 4.72 Å². The van der Waals surface area contributed by atoms with Gasteiger partial charge in [0.15, 0.2) is 0 Å². The molecule has 200 valence electrons. The Morgan fingerprint density at radius 1 is 1.03 bits per heavy atom. The number of piperidine rings is 1. The summed E-state index contributed by atoms with van der Waals surface area (Å²) in [5.74, 6) is -1.77. The third kappa shape index (κ3) is 6.31. The van der Waals surface area contributed by atoms with Gasteiger partial charge in [0.25, 0.3) is 5.91 Å². The summed E-state index contributed by atoms with van der Waals surface area (Å²) in [5, 5.41) is 0.349. The first-order valence-corrected chi connectivity index (χ1v) is 14.4. The van der Waals surface area contributed by atoms with Gasteiger partial charge >= 0.3 is 10.2 Å². The SMILES string of the molecule is O=C(NS(=O)(=O)N1CCC1)c1cc(C2CC2)c(CN2CCC(OCc3ccc(F)cc3Cl)CC2)cc1F. The fraction of sp³-hybridized carbons (Fsp3) is 0.500. The molecule has 2 heterocycles. The van der Waals surface area contributed by atoms with Crippen LogP contribution in [0.1, 0.15) is 65.1 Å². The molecule has 37 heavy (non-hydrogen) atoms. The Balaban J connectivity index is 1.20. The maximum atomic E-state index is 15.0. The van der Waals surface area contributed by atoms with Crippen molar-refractivity contribution >= 4 is 27.7 Å². The van der Waals surface area contributed by atoms with Gasteiger partial charge in [-0.3, -0.25) is 9.69 Å². The number of hydrogen-bond acceptors (Lipinski definition) is 5. The molecule has 3 aliphatic rings. The summed E-state index contributed by atoms with van der Waals surface area (Å²) in [6.45, 7) is 3.12. The fourth-order valence-corrected chi connectivity index (χ4v) is 6.24. The minimum absolute atomic E-state index is 0.0523. The Morgan fingerprint density at radius 3 is 2.38 bits per heavy atom. The van der Waals surface area contributed by atoms with Gasteiger partial charge in [0.1, 0.15) is 11.6 Å². The average Bonchev–Trinajstić information content (AvgIpc) is 3.63. The molecule has 1 amide bonds. The predicted octanol–water partition coefficient (Wildman–Crippen LogP) is 4.36. The lowest BCUT2D eigenvalue weighted by Crippen LogP contribution is -2.49. The van der Waals surface area contributed by atoms with E-state index in [1.165, 1.54) is 28.6 Å².